The Morgan fingerprint density at radius 2 is 2.35 bits per heavy atom. The van der Waals surface area contributed by atoms with Crippen LogP contribution in [0.25, 0.3) is 0 Å². The fourth-order valence-electron chi connectivity index (χ4n) is 2.58. The highest BCUT2D eigenvalue weighted by Gasteiger charge is 2.21. The first-order valence-electron chi connectivity index (χ1n) is 7.23. The van der Waals surface area contributed by atoms with Crippen molar-refractivity contribution in [3.05, 3.63) is 23.3 Å². The molecule has 108 valence electrons. The van der Waals surface area contributed by atoms with E-state index in [1.165, 1.54) is 5.56 Å². The molecule has 0 saturated carbocycles. The maximum absolute atomic E-state index is 5.80. The summed E-state index contributed by atoms with van der Waals surface area (Å²) in [7, 11) is 1.70. The molecule has 1 aromatic rings. The van der Waals surface area contributed by atoms with E-state index in [1.54, 1.807) is 7.11 Å². The molecule has 1 aliphatic heterocycles. The molecule has 1 aliphatic rings. The molecule has 2 atom stereocenters. The van der Waals surface area contributed by atoms with Crippen LogP contribution in [0.15, 0.2) is 12.1 Å². The molecule has 0 radical (unpaired) electrons. The molecule has 0 amide bonds. The maximum Gasteiger partial charge on any atom is 0.123 e. The van der Waals surface area contributed by atoms with E-state index in [-0.39, 0.29) is 12.1 Å². The Bertz CT molecular complexity index is 504. The number of rotatable bonds is 6. The van der Waals surface area contributed by atoms with E-state index in [0.29, 0.717) is 6.54 Å². The molecule has 3 nitrogen and oxygen atoms in total. The van der Waals surface area contributed by atoms with Gasteiger partial charge in [-0.2, -0.15) is 0 Å². The molecule has 0 bridgehead atoms. The highest BCUT2D eigenvalue weighted by atomic mass is 16.5. The molecule has 0 spiro atoms. The number of fused-ring (bicyclic) bond motifs is 1. The van der Waals surface area contributed by atoms with Gasteiger partial charge in [0, 0.05) is 24.1 Å². The third kappa shape index (κ3) is 3.26. The predicted octanol–water partition coefficient (Wildman–Crippen LogP) is 2.91. The molecule has 2 unspecified atom stereocenters. The van der Waals surface area contributed by atoms with Gasteiger partial charge < -0.3 is 9.47 Å². The zero-order valence-corrected chi connectivity index (χ0v) is 12.5. The molecule has 1 aromatic carbocycles. The largest absolute Gasteiger partial charge is 0.496 e. The molecule has 0 saturated heterocycles. The number of methoxy groups -OCH3 is 1. The van der Waals surface area contributed by atoms with E-state index in [4.69, 9.17) is 15.9 Å². The van der Waals surface area contributed by atoms with Gasteiger partial charge in [-0.05, 0) is 25.5 Å². The number of benzene rings is 1. The molecule has 2 rings (SSSR count). The van der Waals surface area contributed by atoms with E-state index in [0.717, 1.165) is 36.3 Å². The summed E-state index contributed by atoms with van der Waals surface area (Å²) in [6.07, 6.45) is 8.78. The van der Waals surface area contributed by atoms with Gasteiger partial charge in [0.25, 0.3) is 0 Å². The van der Waals surface area contributed by atoms with Gasteiger partial charge in [0.1, 0.15) is 17.6 Å². The Morgan fingerprint density at radius 1 is 1.55 bits per heavy atom. The third-order valence-electron chi connectivity index (χ3n) is 3.62. The van der Waals surface area contributed by atoms with Crippen LogP contribution < -0.4 is 14.8 Å². The fourth-order valence-corrected chi connectivity index (χ4v) is 2.58. The second-order valence-electron chi connectivity index (χ2n) is 5.29. The first kappa shape index (κ1) is 14.7. The van der Waals surface area contributed by atoms with Crippen molar-refractivity contribution in [1.82, 2.24) is 5.32 Å². The summed E-state index contributed by atoms with van der Waals surface area (Å²) in [5.41, 5.74) is 2.32. The Morgan fingerprint density at radius 3 is 3.00 bits per heavy atom. The number of hydrogen-bond acceptors (Lipinski definition) is 3. The maximum atomic E-state index is 5.80. The Kier molecular flexibility index (Phi) is 4.92. The summed E-state index contributed by atoms with van der Waals surface area (Å²) >= 11 is 0. The smallest absolute Gasteiger partial charge is 0.123 e. The quantitative estimate of drug-likeness (QED) is 0.808. The van der Waals surface area contributed by atoms with Crippen LogP contribution >= 0.6 is 0 Å². The first-order chi connectivity index (χ1) is 9.67. The van der Waals surface area contributed by atoms with Gasteiger partial charge in [0.05, 0.1) is 13.2 Å². The van der Waals surface area contributed by atoms with E-state index in [2.05, 4.69) is 37.2 Å². The van der Waals surface area contributed by atoms with Gasteiger partial charge in [0.15, 0.2) is 0 Å². The standard InChI is InChI=1S/C17H23NO2/c1-5-7-15(6-2)18-11-14-10-17-13(8-12(3)20-17)9-16(14)19-4/h2,9-10,12,15,18H,5,7-8,11H2,1,3-4H3. The van der Waals surface area contributed by atoms with Crippen molar-refractivity contribution in [2.24, 2.45) is 0 Å². The van der Waals surface area contributed by atoms with Crippen LogP contribution in [0.2, 0.25) is 0 Å². The van der Waals surface area contributed by atoms with E-state index < -0.39 is 0 Å². The summed E-state index contributed by atoms with van der Waals surface area (Å²) in [5, 5.41) is 3.39. The van der Waals surface area contributed by atoms with Crippen LogP contribution in [0.3, 0.4) is 0 Å². The van der Waals surface area contributed by atoms with E-state index in [1.807, 2.05) is 0 Å². The van der Waals surface area contributed by atoms with Crippen molar-refractivity contribution in [3.63, 3.8) is 0 Å². The van der Waals surface area contributed by atoms with Gasteiger partial charge in [-0.3, -0.25) is 5.32 Å². The average molecular weight is 273 g/mol. The Hall–Kier alpha value is -1.66. The van der Waals surface area contributed by atoms with Crippen molar-refractivity contribution in [3.8, 4) is 23.8 Å². The molecule has 0 aromatic heterocycles. The molecular formula is C17H23NO2. The van der Waals surface area contributed by atoms with Crippen molar-refractivity contribution in [1.29, 1.82) is 0 Å². The van der Waals surface area contributed by atoms with Crippen LogP contribution in [0.4, 0.5) is 0 Å². The van der Waals surface area contributed by atoms with Crippen molar-refractivity contribution in [2.45, 2.75) is 51.8 Å². The first-order valence-corrected chi connectivity index (χ1v) is 7.23. The minimum absolute atomic E-state index is 0.109. The molecule has 3 heteroatoms. The highest BCUT2D eigenvalue weighted by molar-refractivity contribution is 5.48. The highest BCUT2D eigenvalue weighted by Crippen LogP contribution is 2.34. The molecule has 1 heterocycles. The van der Waals surface area contributed by atoms with Gasteiger partial charge in [-0.25, -0.2) is 0 Å². The SMILES string of the molecule is C#CC(CCC)NCc1cc2c(cc1OC)CC(C)O2. The molecular weight excluding hydrogens is 250 g/mol. The summed E-state index contributed by atoms with van der Waals surface area (Å²) in [6.45, 7) is 4.92. The van der Waals surface area contributed by atoms with Gasteiger partial charge in [-0.15, -0.1) is 6.42 Å². The van der Waals surface area contributed by atoms with Gasteiger partial charge >= 0.3 is 0 Å². The lowest BCUT2D eigenvalue weighted by Gasteiger charge is -2.15. The average Bonchev–Trinajstić information content (AvgIpc) is 2.81. The molecule has 1 N–H and O–H groups in total. The zero-order valence-electron chi connectivity index (χ0n) is 12.5. The van der Waals surface area contributed by atoms with Crippen molar-refractivity contribution < 1.29 is 9.47 Å². The lowest BCUT2D eigenvalue weighted by Crippen LogP contribution is -2.27. The van der Waals surface area contributed by atoms with Crippen molar-refractivity contribution >= 4 is 0 Å². The number of nitrogens with one attached hydrogen (secondary N) is 1. The van der Waals surface area contributed by atoms with Gasteiger partial charge in [0.2, 0.25) is 0 Å². The normalized spacial score (nSPS) is 18.0. The summed E-state index contributed by atoms with van der Waals surface area (Å²) < 4.78 is 11.3. The summed E-state index contributed by atoms with van der Waals surface area (Å²) in [5.74, 6) is 4.67. The lowest BCUT2D eigenvalue weighted by molar-refractivity contribution is 0.254. The van der Waals surface area contributed by atoms with E-state index in [9.17, 15) is 0 Å². The number of terminal acetylenes is 1. The minimum atomic E-state index is 0.109. The summed E-state index contributed by atoms with van der Waals surface area (Å²) in [6, 6.07) is 4.27. The molecule has 0 aliphatic carbocycles. The number of ether oxygens (including phenoxy) is 2. The third-order valence-corrected chi connectivity index (χ3v) is 3.62. The molecule has 20 heavy (non-hydrogen) atoms. The molecule has 0 fully saturated rings. The Labute approximate surface area is 121 Å². The number of hydrogen-bond donors (Lipinski definition) is 1. The van der Waals surface area contributed by atoms with E-state index >= 15 is 0 Å². The predicted molar refractivity (Wildman–Crippen MR) is 81.2 cm³/mol. The van der Waals surface area contributed by atoms with Crippen LogP contribution in [0.1, 0.15) is 37.8 Å². The topological polar surface area (TPSA) is 30.5 Å². The van der Waals surface area contributed by atoms with Crippen LogP contribution in [-0.4, -0.2) is 19.3 Å². The Balaban J connectivity index is 2.12. The zero-order chi connectivity index (χ0) is 14.5. The monoisotopic (exact) mass is 273 g/mol. The van der Waals surface area contributed by atoms with Crippen LogP contribution in [-0.2, 0) is 13.0 Å². The summed E-state index contributed by atoms with van der Waals surface area (Å²) in [4.78, 5) is 0. The van der Waals surface area contributed by atoms with Crippen LogP contribution in [0.5, 0.6) is 11.5 Å². The second-order valence-corrected chi connectivity index (χ2v) is 5.29. The van der Waals surface area contributed by atoms with Crippen LogP contribution in [0, 0.1) is 12.3 Å². The fraction of sp³-hybridized carbons (Fsp3) is 0.529. The lowest BCUT2D eigenvalue weighted by atomic mass is 10.1. The second kappa shape index (κ2) is 6.67. The van der Waals surface area contributed by atoms with Crippen molar-refractivity contribution in [2.75, 3.05) is 7.11 Å². The van der Waals surface area contributed by atoms with Gasteiger partial charge in [-0.1, -0.05) is 19.3 Å². The minimum Gasteiger partial charge on any atom is -0.496 e.